The first-order valence-corrected chi connectivity index (χ1v) is 7.28. The average molecular weight is 305 g/mol. The lowest BCUT2D eigenvalue weighted by Crippen LogP contribution is -2.01. The van der Waals surface area contributed by atoms with E-state index in [0.717, 1.165) is 12.8 Å². The highest BCUT2D eigenvalue weighted by molar-refractivity contribution is 5.88. The van der Waals surface area contributed by atoms with E-state index in [1.54, 1.807) is 12.3 Å². The molecule has 23 heavy (non-hydrogen) atoms. The normalized spacial score (nSPS) is 10.4. The second-order valence-electron chi connectivity index (χ2n) is 5.08. The van der Waals surface area contributed by atoms with E-state index in [-0.39, 0.29) is 5.56 Å². The third-order valence-corrected chi connectivity index (χ3v) is 3.45. The van der Waals surface area contributed by atoms with Gasteiger partial charge in [0.25, 0.3) is 0 Å². The Morgan fingerprint density at radius 3 is 2.48 bits per heavy atom. The Labute approximate surface area is 133 Å². The van der Waals surface area contributed by atoms with Crippen LogP contribution in [0.2, 0.25) is 0 Å². The lowest BCUT2D eigenvalue weighted by Gasteiger charge is -2.04. The van der Waals surface area contributed by atoms with Gasteiger partial charge in [-0.25, -0.2) is 14.8 Å². The maximum Gasteiger partial charge on any atom is 0.335 e. The fourth-order valence-electron chi connectivity index (χ4n) is 2.27. The number of hydrogen-bond donors (Lipinski definition) is 1. The van der Waals surface area contributed by atoms with Crippen LogP contribution in [0.15, 0.2) is 60.9 Å². The highest BCUT2D eigenvalue weighted by atomic mass is 16.4. The fraction of sp³-hybridized carbons (Fsp3) is 0.111. The predicted molar refractivity (Wildman–Crippen MR) is 86.1 cm³/mol. The van der Waals surface area contributed by atoms with Crippen molar-refractivity contribution >= 4 is 5.97 Å². The number of aromatic carboxylic acids is 1. The van der Waals surface area contributed by atoms with Gasteiger partial charge in [0.1, 0.15) is 5.82 Å². The molecule has 5 heteroatoms. The Bertz CT molecular complexity index is 819. The molecule has 0 amide bonds. The largest absolute Gasteiger partial charge is 0.478 e. The number of rotatable bonds is 5. The van der Waals surface area contributed by atoms with E-state index >= 15 is 0 Å². The van der Waals surface area contributed by atoms with Gasteiger partial charge >= 0.3 is 5.97 Å². The van der Waals surface area contributed by atoms with Gasteiger partial charge in [-0.2, -0.15) is 0 Å². The van der Waals surface area contributed by atoms with Crippen LogP contribution in [0.4, 0.5) is 0 Å². The van der Waals surface area contributed by atoms with Crippen LogP contribution >= 0.6 is 0 Å². The van der Waals surface area contributed by atoms with Gasteiger partial charge in [-0.1, -0.05) is 30.3 Å². The fourth-order valence-corrected chi connectivity index (χ4v) is 2.27. The lowest BCUT2D eigenvalue weighted by atomic mass is 10.1. The monoisotopic (exact) mass is 305 g/mol. The van der Waals surface area contributed by atoms with Crippen LogP contribution in [0.25, 0.3) is 11.4 Å². The summed E-state index contributed by atoms with van der Waals surface area (Å²) in [7, 11) is 0. The molecule has 3 aromatic rings. The molecule has 0 fully saturated rings. The minimum Gasteiger partial charge on any atom is -0.478 e. The maximum absolute atomic E-state index is 11.1. The van der Waals surface area contributed by atoms with Crippen LogP contribution in [-0.4, -0.2) is 26.0 Å². The molecule has 0 spiro atoms. The summed E-state index contributed by atoms with van der Waals surface area (Å²) in [5.41, 5.74) is 2.59. The molecule has 0 radical (unpaired) electrons. The average Bonchev–Trinajstić information content (AvgIpc) is 2.61. The van der Waals surface area contributed by atoms with Gasteiger partial charge in [-0.15, -0.1) is 0 Å². The summed E-state index contributed by atoms with van der Waals surface area (Å²) in [4.78, 5) is 24.0. The first-order valence-electron chi connectivity index (χ1n) is 7.28. The molecular formula is C18H15N3O2. The van der Waals surface area contributed by atoms with E-state index < -0.39 is 5.97 Å². The molecule has 0 atom stereocenters. The number of carboxylic acids is 1. The highest BCUT2D eigenvalue weighted by Crippen LogP contribution is 2.16. The Balaban J connectivity index is 1.80. The van der Waals surface area contributed by atoms with Crippen molar-refractivity contribution in [1.29, 1.82) is 0 Å². The summed E-state index contributed by atoms with van der Waals surface area (Å²) in [6, 6.07) is 14.9. The van der Waals surface area contributed by atoms with E-state index in [0.29, 0.717) is 17.2 Å². The molecule has 2 heterocycles. The smallest absolute Gasteiger partial charge is 0.335 e. The van der Waals surface area contributed by atoms with E-state index in [2.05, 4.69) is 27.1 Å². The van der Waals surface area contributed by atoms with E-state index in [1.165, 1.54) is 23.9 Å². The van der Waals surface area contributed by atoms with Crippen molar-refractivity contribution in [1.82, 2.24) is 15.0 Å². The molecule has 3 rings (SSSR count). The summed E-state index contributed by atoms with van der Waals surface area (Å²) in [6.45, 7) is 0. The number of carboxylic acid groups (broad SMARTS) is 1. The summed E-state index contributed by atoms with van der Waals surface area (Å²) in [5.74, 6) is -0.263. The van der Waals surface area contributed by atoms with Gasteiger partial charge in [0.05, 0.1) is 17.0 Å². The predicted octanol–water partition coefficient (Wildman–Crippen LogP) is 3.02. The van der Waals surface area contributed by atoms with Gasteiger partial charge < -0.3 is 5.11 Å². The summed E-state index contributed by atoms with van der Waals surface area (Å²) < 4.78 is 0. The second kappa shape index (κ2) is 6.79. The summed E-state index contributed by atoms with van der Waals surface area (Å²) in [6.07, 6.45) is 4.73. The number of aryl methyl sites for hydroxylation is 2. The first-order chi connectivity index (χ1) is 11.2. The summed E-state index contributed by atoms with van der Waals surface area (Å²) >= 11 is 0. The molecule has 5 nitrogen and oxygen atoms in total. The van der Waals surface area contributed by atoms with E-state index in [9.17, 15) is 4.79 Å². The van der Waals surface area contributed by atoms with Gasteiger partial charge in [-0.05, 0) is 30.2 Å². The van der Waals surface area contributed by atoms with Crippen molar-refractivity contribution in [2.45, 2.75) is 12.8 Å². The van der Waals surface area contributed by atoms with E-state index in [4.69, 9.17) is 5.11 Å². The van der Waals surface area contributed by atoms with Crippen molar-refractivity contribution in [3.8, 4) is 11.4 Å². The SMILES string of the molecule is O=C(O)c1ccnc(-c2ccnc(CCc3ccccc3)n2)c1. The Morgan fingerprint density at radius 2 is 1.70 bits per heavy atom. The molecule has 1 aromatic carbocycles. The third-order valence-electron chi connectivity index (χ3n) is 3.45. The lowest BCUT2D eigenvalue weighted by molar-refractivity contribution is 0.0697. The van der Waals surface area contributed by atoms with Gasteiger partial charge in [0, 0.05) is 18.8 Å². The molecular weight excluding hydrogens is 290 g/mol. The molecule has 0 bridgehead atoms. The topological polar surface area (TPSA) is 76.0 Å². The second-order valence-corrected chi connectivity index (χ2v) is 5.08. The molecule has 0 aliphatic heterocycles. The highest BCUT2D eigenvalue weighted by Gasteiger charge is 2.08. The molecule has 0 aliphatic carbocycles. The Morgan fingerprint density at radius 1 is 0.913 bits per heavy atom. The van der Waals surface area contributed by atoms with Crippen molar-refractivity contribution in [2.75, 3.05) is 0 Å². The van der Waals surface area contributed by atoms with Crippen LogP contribution in [0.1, 0.15) is 21.7 Å². The number of nitrogens with zero attached hydrogens (tertiary/aromatic N) is 3. The van der Waals surface area contributed by atoms with Gasteiger partial charge in [0.2, 0.25) is 0 Å². The molecule has 2 aromatic heterocycles. The van der Waals surface area contributed by atoms with Crippen molar-refractivity contribution in [3.05, 3.63) is 77.9 Å². The summed E-state index contributed by atoms with van der Waals surface area (Å²) in [5, 5.41) is 9.06. The molecule has 0 saturated heterocycles. The van der Waals surface area contributed by atoms with Crippen molar-refractivity contribution in [3.63, 3.8) is 0 Å². The van der Waals surface area contributed by atoms with Crippen LogP contribution in [0, 0.1) is 0 Å². The number of aromatic nitrogens is 3. The zero-order valence-corrected chi connectivity index (χ0v) is 12.4. The number of hydrogen-bond acceptors (Lipinski definition) is 4. The van der Waals surface area contributed by atoms with Crippen molar-refractivity contribution < 1.29 is 9.90 Å². The zero-order valence-electron chi connectivity index (χ0n) is 12.4. The van der Waals surface area contributed by atoms with Crippen LogP contribution in [0.3, 0.4) is 0 Å². The minimum absolute atomic E-state index is 0.194. The number of pyridine rings is 1. The quantitative estimate of drug-likeness (QED) is 0.784. The Hall–Kier alpha value is -3.08. The molecule has 0 saturated carbocycles. The van der Waals surface area contributed by atoms with Gasteiger partial charge in [-0.3, -0.25) is 4.98 Å². The van der Waals surface area contributed by atoms with Crippen LogP contribution < -0.4 is 0 Å². The van der Waals surface area contributed by atoms with Crippen LogP contribution in [0.5, 0.6) is 0 Å². The molecule has 0 unspecified atom stereocenters. The number of benzene rings is 1. The zero-order chi connectivity index (χ0) is 16.1. The molecule has 114 valence electrons. The van der Waals surface area contributed by atoms with E-state index in [1.807, 2.05) is 18.2 Å². The number of carbonyl (C=O) groups is 1. The standard InChI is InChI=1S/C18H15N3O2/c22-18(23)14-8-10-19-16(12-14)15-9-11-20-17(21-15)7-6-13-4-2-1-3-5-13/h1-5,8-12H,6-7H2,(H,22,23). The van der Waals surface area contributed by atoms with Gasteiger partial charge in [0.15, 0.2) is 0 Å². The Kier molecular flexibility index (Phi) is 4.38. The molecule has 1 N–H and O–H groups in total. The third kappa shape index (κ3) is 3.77. The first kappa shape index (κ1) is 14.8. The van der Waals surface area contributed by atoms with Crippen molar-refractivity contribution in [2.24, 2.45) is 0 Å². The minimum atomic E-state index is -0.980. The van der Waals surface area contributed by atoms with Crippen LogP contribution in [-0.2, 0) is 12.8 Å². The maximum atomic E-state index is 11.1. The molecule has 0 aliphatic rings.